The number of rotatable bonds is 3. The van der Waals surface area contributed by atoms with E-state index < -0.39 is 0 Å². The minimum absolute atomic E-state index is 0.000839. The molecule has 3 heteroatoms. The van der Waals surface area contributed by atoms with Gasteiger partial charge in [0.15, 0.2) is 0 Å². The van der Waals surface area contributed by atoms with Crippen LogP contribution in [0.2, 0.25) is 0 Å². The molecule has 0 unspecified atom stereocenters. The van der Waals surface area contributed by atoms with E-state index in [2.05, 4.69) is 57.9 Å². The average molecular weight is 250 g/mol. The first-order valence-electron chi connectivity index (χ1n) is 6.50. The van der Waals surface area contributed by atoms with Crippen molar-refractivity contribution in [1.29, 1.82) is 0 Å². The lowest BCUT2D eigenvalue weighted by atomic mass is 9.87. The maximum atomic E-state index is 5.54. The predicted molar refractivity (Wildman–Crippen MR) is 76.6 cm³/mol. The number of ether oxygens (including phenoxy) is 1. The Morgan fingerprint density at radius 3 is 2.22 bits per heavy atom. The Bertz CT molecular complexity index is 430. The lowest BCUT2D eigenvalue weighted by Gasteiger charge is -2.29. The van der Waals surface area contributed by atoms with Crippen molar-refractivity contribution in [2.75, 3.05) is 6.61 Å². The van der Waals surface area contributed by atoms with Gasteiger partial charge in [0.2, 0.25) is 0 Å². The van der Waals surface area contributed by atoms with Crippen molar-refractivity contribution in [3.05, 3.63) is 24.0 Å². The Balaban J connectivity index is 3.39. The van der Waals surface area contributed by atoms with E-state index in [1.54, 1.807) is 0 Å². The number of hydrogen-bond acceptors (Lipinski definition) is 2. The van der Waals surface area contributed by atoms with E-state index in [0.29, 0.717) is 12.4 Å². The van der Waals surface area contributed by atoms with Gasteiger partial charge in [0.25, 0.3) is 0 Å². The summed E-state index contributed by atoms with van der Waals surface area (Å²) in [4.78, 5) is 0. The summed E-state index contributed by atoms with van der Waals surface area (Å²) in [6.45, 7) is 19.6. The van der Waals surface area contributed by atoms with Gasteiger partial charge in [0.1, 0.15) is 5.76 Å². The third-order valence-corrected chi connectivity index (χ3v) is 2.73. The fraction of sp³-hybridized carbons (Fsp3) is 0.667. The van der Waals surface area contributed by atoms with Crippen molar-refractivity contribution in [2.45, 2.75) is 59.4 Å². The van der Waals surface area contributed by atoms with Crippen LogP contribution in [0, 0.1) is 0 Å². The SMILES string of the molecule is C=C(OCC)c1cnn(C(C)(C)C)c1C(C)(C)C. The molecular formula is C15H26N2O. The summed E-state index contributed by atoms with van der Waals surface area (Å²) in [5.74, 6) is 0.706. The molecule has 18 heavy (non-hydrogen) atoms. The van der Waals surface area contributed by atoms with Crippen molar-refractivity contribution in [3.63, 3.8) is 0 Å². The van der Waals surface area contributed by atoms with E-state index in [-0.39, 0.29) is 11.0 Å². The summed E-state index contributed by atoms with van der Waals surface area (Å²) in [6, 6.07) is 0. The fourth-order valence-electron chi connectivity index (χ4n) is 2.03. The highest BCUT2D eigenvalue weighted by molar-refractivity contribution is 5.60. The zero-order valence-corrected chi connectivity index (χ0v) is 12.8. The van der Waals surface area contributed by atoms with Crippen LogP contribution in [0.25, 0.3) is 5.76 Å². The van der Waals surface area contributed by atoms with Crippen LogP contribution >= 0.6 is 0 Å². The minimum Gasteiger partial charge on any atom is -0.494 e. The van der Waals surface area contributed by atoms with Gasteiger partial charge in [-0.15, -0.1) is 0 Å². The molecule has 0 aliphatic heterocycles. The molecule has 0 N–H and O–H groups in total. The maximum absolute atomic E-state index is 5.54. The molecule has 0 aromatic carbocycles. The molecule has 0 aliphatic carbocycles. The number of hydrogen-bond donors (Lipinski definition) is 0. The van der Waals surface area contributed by atoms with Crippen molar-refractivity contribution < 1.29 is 4.74 Å². The zero-order chi connectivity index (χ0) is 14.1. The Hall–Kier alpha value is -1.25. The summed E-state index contributed by atoms with van der Waals surface area (Å²) in [6.07, 6.45) is 1.86. The molecule has 0 fully saturated rings. The molecule has 102 valence electrons. The molecule has 0 aliphatic rings. The van der Waals surface area contributed by atoms with Gasteiger partial charge in [-0.2, -0.15) is 5.10 Å². The number of nitrogens with zero attached hydrogens (tertiary/aromatic N) is 2. The van der Waals surface area contributed by atoms with E-state index >= 15 is 0 Å². The normalized spacial score (nSPS) is 12.6. The fourth-order valence-corrected chi connectivity index (χ4v) is 2.03. The van der Waals surface area contributed by atoms with Gasteiger partial charge in [-0.25, -0.2) is 0 Å². The predicted octanol–water partition coefficient (Wildman–Crippen LogP) is 3.94. The van der Waals surface area contributed by atoms with Crippen LogP contribution in [0.5, 0.6) is 0 Å². The zero-order valence-electron chi connectivity index (χ0n) is 12.8. The van der Waals surface area contributed by atoms with Crippen molar-refractivity contribution in [1.82, 2.24) is 9.78 Å². The minimum atomic E-state index is -0.0483. The second-order valence-electron chi connectivity index (χ2n) is 6.60. The average Bonchev–Trinajstić information content (AvgIpc) is 2.60. The summed E-state index contributed by atoms with van der Waals surface area (Å²) >= 11 is 0. The van der Waals surface area contributed by atoms with Crippen molar-refractivity contribution in [3.8, 4) is 0 Å². The molecule has 1 rings (SSSR count). The molecule has 0 bridgehead atoms. The van der Waals surface area contributed by atoms with Gasteiger partial charge >= 0.3 is 0 Å². The van der Waals surface area contributed by atoms with E-state index in [4.69, 9.17) is 4.74 Å². The quantitative estimate of drug-likeness (QED) is 0.760. The smallest absolute Gasteiger partial charge is 0.122 e. The van der Waals surface area contributed by atoms with Crippen LogP contribution in [-0.2, 0) is 15.7 Å². The maximum Gasteiger partial charge on any atom is 0.122 e. The molecule has 0 atom stereocenters. The molecule has 0 radical (unpaired) electrons. The molecular weight excluding hydrogens is 224 g/mol. The third-order valence-electron chi connectivity index (χ3n) is 2.73. The van der Waals surface area contributed by atoms with Crippen molar-refractivity contribution in [2.24, 2.45) is 0 Å². The van der Waals surface area contributed by atoms with Crippen LogP contribution in [0.1, 0.15) is 59.7 Å². The first-order valence-corrected chi connectivity index (χ1v) is 6.50. The van der Waals surface area contributed by atoms with Crippen LogP contribution in [-0.4, -0.2) is 16.4 Å². The standard InChI is InChI=1S/C15H26N2O/c1-9-18-11(2)12-10-16-17(15(6,7)8)13(12)14(3,4)5/h10H,2,9H2,1,3-8H3. The molecule has 0 saturated carbocycles. The Morgan fingerprint density at radius 1 is 1.28 bits per heavy atom. The van der Waals surface area contributed by atoms with Gasteiger partial charge in [0, 0.05) is 5.41 Å². The van der Waals surface area contributed by atoms with Crippen molar-refractivity contribution >= 4 is 5.76 Å². The topological polar surface area (TPSA) is 27.1 Å². The van der Waals surface area contributed by atoms with Crippen LogP contribution in [0.15, 0.2) is 12.8 Å². The Kier molecular flexibility index (Phi) is 3.94. The highest BCUT2D eigenvalue weighted by Gasteiger charge is 2.30. The van der Waals surface area contributed by atoms with Gasteiger partial charge < -0.3 is 4.74 Å². The second kappa shape index (κ2) is 4.79. The molecule has 0 saturated heterocycles. The molecule has 1 aromatic rings. The summed E-state index contributed by atoms with van der Waals surface area (Å²) in [7, 11) is 0. The molecule has 0 spiro atoms. The molecule has 3 nitrogen and oxygen atoms in total. The van der Waals surface area contributed by atoms with Crippen LogP contribution in [0.4, 0.5) is 0 Å². The first kappa shape index (κ1) is 14.8. The Labute approximate surface area is 111 Å². The van der Waals surface area contributed by atoms with Gasteiger partial charge in [-0.1, -0.05) is 27.4 Å². The molecule has 1 heterocycles. The van der Waals surface area contributed by atoms with E-state index in [0.717, 1.165) is 5.56 Å². The summed E-state index contributed by atoms with van der Waals surface area (Å²) < 4.78 is 7.62. The van der Waals surface area contributed by atoms with Gasteiger partial charge in [-0.05, 0) is 27.7 Å². The highest BCUT2D eigenvalue weighted by Crippen LogP contribution is 2.33. The summed E-state index contributed by atoms with van der Waals surface area (Å²) in [5.41, 5.74) is 2.14. The molecule has 0 amide bonds. The third kappa shape index (κ3) is 2.95. The monoisotopic (exact) mass is 250 g/mol. The first-order chi connectivity index (χ1) is 8.09. The van der Waals surface area contributed by atoms with E-state index in [9.17, 15) is 0 Å². The second-order valence-corrected chi connectivity index (χ2v) is 6.60. The highest BCUT2D eigenvalue weighted by atomic mass is 16.5. The Morgan fingerprint density at radius 2 is 1.83 bits per heavy atom. The lowest BCUT2D eigenvalue weighted by molar-refractivity contribution is 0.295. The van der Waals surface area contributed by atoms with E-state index in [1.165, 1.54) is 5.69 Å². The van der Waals surface area contributed by atoms with E-state index in [1.807, 2.05) is 13.1 Å². The lowest BCUT2D eigenvalue weighted by Crippen LogP contribution is -2.30. The number of aromatic nitrogens is 2. The summed E-state index contributed by atoms with van der Waals surface area (Å²) in [5, 5.41) is 4.53. The van der Waals surface area contributed by atoms with Crippen LogP contribution < -0.4 is 0 Å². The van der Waals surface area contributed by atoms with Gasteiger partial charge in [-0.3, -0.25) is 4.68 Å². The molecule has 1 aromatic heterocycles. The largest absolute Gasteiger partial charge is 0.494 e. The van der Waals surface area contributed by atoms with Gasteiger partial charge in [0.05, 0.1) is 29.6 Å². The van der Waals surface area contributed by atoms with Crippen LogP contribution in [0.3, 0.4) is 0 Å².